The van der Waals surface area contributed by atoms with Crippen LogP contribution in [0.2, 0.25) is 0 Å². The molecule has 0 bridgehead atoms. The summed E-state index contributed by atoms with van der Waals surface area (Å²) in [5.74, 6) is -6.33. The van der Waals surface area contributed by atoms with E-state index in [0.29, 0.717) is 81.2 Å². The van der Waals surface area contributed by atoms with Gasteiger partial charge in [0.1, 0.15) is 11.6 Å². The molecule has 13 nitrogen and oxygen atoms in total. The number of anilines is 2. The Balaban J connectivity index is 0.913. The van der Waals surface area contributed by atoms with Crippen LogP contribution < -0.4 is 30.7 Å². The summed E-state index contributed by atoms with van der Waals surface area (Å²) in [6, 6.07) is 19.9. The van der Waals surface area contributed by atoms with Crippen LogP contribution in [0, 0.1) is 11.6 Å². The Morgan fingerprint density at radius 1 is 0.919 bits per heavy atom. The third-order valence-electron chi connectivity index (χ3n) is 11.9. The number of nitrogens with two attached hydrogens (primary N) is 1. The molecular weight excluding hydrogens is 818 g/mol. The zero-order chi connectivity index (χ0) is 44.0. The number of alkyl halides is 3. The molecule has 4 N–H and O–H groups in total. The standard InChI is InChI=1S/C44H46F5N7O6/c45-30-23-32(39(33(46)24-30)62-42(60)44(47,48)49)34-25-35(40(50)54-53-34)56-21-16-43(17-22-56,29-5-2-1-3-6-29)26-51-37(57)7-4-18-55-19-14-28(15-20-55)27-8-10-31(11-9-27)61-36-12-13-38(58)52-41(36)59/h1-3,5-6,8-11,23-25,28,36H,4,7,12-22,26H2,(H2,50,54)(H,51,57)(H,52,58,59). The molecule has 0 radical (unpaired) electrons. The molecule has 0 saturated carbocycles. The third-order valence-corrected chi connectivity index (χ3v) is 11.9. The van der Waals surface area contributed by atoms with Crippen LogP contribution in [0.3, 0.4) is 0 Å². The molecule has 4 heterocycles. The van der Waals surface area contributed by atoms with E-state index in [9.17, 15) is 41.1 Å². The quantitative estimate of drug-likeness (QED) is 0.0627. The minimum absolute atomic E-state index is 0.0306. The van der Waals surface area contributed by atoms with E-state index in [1.165, 1.54) is 11.6 Å². The van der Waals surface area contributed by atoms with E-state index in [0.717, 1.165) is 38.0 Å². The van der Waals surface area contributed by atoms with E-state index in [1.807, 2.05) is 59.5 Å². The summed E-state index contributed by atoms with van der Waals surface area (Å²) < 4.78 is 78.2. The molecule has 328 valence electrons. The lowest BCUT2D eigenvalue weighted by atomic mass is 9.72. The lowest BCUT2D eigenvalue weighted by Crippen LogP contribution is -2.49. The molecule has 18 heteroatoms. The van der Waals surface area contributed by atoms with Gasteiger partial charge in [-0.2, -0.15) is 13.2 Å². The number of imide groups is 1. The maximum absolute atomic E-state index is 14.7. The molecule has 3 amide bonds. The van der Waals surface area contributed by atoms with Crippen LogP contribution in [0.1, 0.15) is 68.4 Å². The second kappa shape index (κ2) is 18.8. The van der Waals surface area contributed by atoms with E-state index in [-0.39, 0.29) is 29.7 Å². The SMILES string of the molecule is Nc1nnc(-c2cc(F)cc(F)c2OC(=O)C(F)(F)F)cc1N1CCC(CNC(=O)CCCN2CCC(c3ccc(OC4CCC(=O)NC4=O)cc3)CC2)(c2ccccc2)CC1. The number of amides is 3. The molecule has 1 unspecified atom stereocenters. The highest BCUT2D eigenvalue weighted by molar-refractivity contribution is 6.00. The number of likely N-dealkylation sites (tertiary alicyclic amines) is 1. The Labute approximate surface area is 354 Å². The number of esters is 1. The topological polar surface area (TPSA) is 169 Å². The Morgan fingerprint density at radius 3 is 2.31 bits per heavy atom. The van der Waals surface area contributed by atoms with Crippen molar-refractivity contribution in [3.8, 4) is 22.8 Å². The third kappa shape index (κ3) is 10.5. The molecule has 3 aliphatic rings. The zero-order valence-electron chi connectivity index (χ0n) is 33.7. The molecule has 7 rings (SSSR count). The number of ether oxygens (including phenoxy) is 2. The molecule has 1 atom stereocenters. The molecule has 0 spiro atoms. The first kappa shape index (κ1) is 43.9. The lowest BCUT2D eigenvalue weighted by Gasteiger charge is -2.43. The van der Waals surface area contributed by atoms with Crippen LogP contribution in [0.15, 0.2) is 72.8 Å². The van der Waals surface area contributed by atoms with E-state index in [1.54, 1.807) is 0 Å². The van der Waals surface area contributed by atoms with Crippen molar-refractivity contribution >= 4 is 35.2 Å². The van der Waals surface area contributed by atoms with Gasteiger partial charge in [0.15, 0.2) is 23.5 Å². The highest BCUT2D eigenvalue weighted by atomic mass is 19.4. The largest absolute Gasteiger partial charge is 0.491 e. The first-order chi connectivity index (χ1) is 29.7. The Morgan fingerprint density at radius 2 is 1.63 bits per heavy atom. The van der Waals surface area contributed by atoms with Crippen molar-refractivity contribution in [3.63, 3.8) is 0 Å². The summed E-state index contributed by atoms with van der Waals surface area (Å²) >= 11 is 0. The monoisotopic (exact) mass is 863 g/mol. The number of nitrogens with one attached hydrogen (secondary N) is 2. The van der Waals surface area contributed by atoms with Crippen molar-refractivity contribution in [3.05, 3.63) is 95.6 Å². The van der Waals surface area contributed by atoms with Crippen LogP contribution >= 0.6 is 0 Å². The summed E-state index contributed by atoms with van der Waals surface area (Å²) in [6.07, 6.45) is -1.40. The lowest BCUT2D eigenvalue weighted by molar-refractivity contribution is -0.189. The van der Waals surface area contributed by atoms with Gasteiger partial charge in [-0.25, -0.2) is 13.6 Å². The predicted molar refractivity (Wildman–Crippen MR) is 217 cm³/mol. The predicted octanol–water partition coefficient (Wildman–Crippen LogP) is 5.97. The van der Waals surface area contributed by atoms with Gasteiger partial charge in [-0.05, 0) is 93.0 Å². The average Bonchev–Trinajstić information content (AvgIpc) is 3.25. The van der Waals surface area contributed by atoms with Gasteiger partial charge in [-0.1, -0.05) is 42.5 Å². The molecule has 3 saturated heterocycles. The number of rotatable bonds is 13. The number of hydrogen-bond acceptors (Lipinski definition) is 11. The summed E-state index contributed by atoms with van der Waals surface area (Å²) in [6.45, 7) is 3.78. The minimum Gasteiger partial charge on any atom is -0.481 e. The normalized spacial score (nSPS) is 18.5. The van der Waals surface area contributed by atoms with Crippen LogP contribution in [0.25, 0.3) is 11.3 Å². The van der Waals surface area contributed by atoms with Gasteiger partial charge < -0.3 is 30.3 Å². The Kier molecular flexibility index (Phi) is 13.3. The van der Waals surface area contributed by atoms with Crippen LogP contribution in [-0.2, 0) is 24.6 Å². The summed E-state index contributed by atoms with van der Waals surface area (Å²) in [4.78, 5) is 52.6. The minimum atomic E-state index is -5.44. The maximum atomic E-state index is 14.7. The first-order valence-electron chi connectivity index (χ1n) is 20.5. The Hall–Kier alpha value is -6.17. The number of nitrogen functional groups attached to an aromatic ring is 1. The first-order valence-corrected chi connectivity index (χ1v) is 20.5. The molecule has 4 aromatic rings. The molecule has 62 heavy (non-hydrogen) atoms. The number of carbonyl (C=O) groups excluding carboxylic acids is 4. The molecule has 0 aliphatic carbocycles. The van der Waals surface area contributed by atoms with Crippen LogP contribution in [0.5, 0.6) is 11.5 Å². The fraction of sp³-hybridized carbons (Fsp3) is 0.409. The van der Waals surface area contributed by atoms with Gasteiger partial charge in [-0.15, -0.1) is 10.2 Å². The van der Waals surface area contributed by atoms with Gasteiger partial charge in [0, 0.05) is 50.4 Å². The second-order valence-corrected chi connectivity index (χ2v) is 15.9. The average molecular weight is 864 g/mol. The molecule has 3 fully saturated rings. The van der Waals surface area contributed by atoms with E-state index >= 15 is 0 Å². The van der Waals surface area contributed by atoms with Gasteiger partial charge in [0.05, 0.1) is 16.9 Å². The maximum Gasteiger partial charge on any atom is 0.491 e. The number of halogens is 5. The number of carbonyl (C=O) groups is 4. The zero-order valence-corrected chi connectivity index (χ0v) is 33.7. The van der Waals surface area contributed by atoms with E-state index in [4.69, 9.17) is 10.5 Å². The van der Waals surface area contributed by atoms with Crippen LogP contribution in [0.4, 0.5) is 33.5 Å². The fourth-order valence-electron chi connectivity index (χ4n) is 8.39. The van der Waals surface area contributed by atoms with Crippen molar-refractivity contribution in [2.24, 2.45) is 0 Å². The second-order valence-electron chi connectivity index (χ2n) is 15.9. The number of hydrogen-bond donors (Lipinski definition) is 3. The van der Waals surface area contributed by atoms with Gasteiger partial charge in [0.2, 0.25) is 11.8 Å². The van der Waals surface area contributed by atoms with Gasteiger partial charge in [-0.3, -0.25) is 19.7 Å². The van der Waals surface area contributed by atoms with E-state index < -0.39 is 52.5 Å². The summed E-state index contributed by atoms with van der Waals surface area (Å²) in [5.41, 5.74) is 7.49. The van der Waals surface area contributed by atoms with Crippen LogP contribution in [-0.4, -0.2) is 90.3 Å². The van der Waals surface area contributed by atoms with Gasteiger partial charge >= 0.3 is 12.1 Å². The smallest absolute Gasteiger partial charge is 0.481 e. The van der Waals surface area contributed by atoms with Gasteiger partial charge in [0.25, 0.3) is 5.91 Å². The molecule has 3 aliphatic heterocycles. The van der Waals surface area contributed by atoms with Crippen molar-refractivity contribution in [1.82, 2.24) is 25.7 Å². The Bertz CT molecular complexity index is 2260. The number of piperidine rings is 3. The summed E-state index contributed by atoms with van der Waals surface area (Å²) in [5, 5.41) is 13.2. The molecule has 1 aromatic heterocycles. The summed E-state index contributed by atoms with van der Waals surface area (Å²) in [7, 11) is 0. The highest BCUT2D eigenvalue weighted by Crippen LogP contribution is 2.40. The number of aromatic nitrogens is 2. The van der Waals surface area contributed by atoms with Crippen molar-refractivity contribution in [2.75, 3.05) is 49.9 Å². The number of benzene rings is 3. The number of nitrogens with zero attached hydrogens (tertiary/aromatic N) is 4. The van der Waals surface area contributed by atoms with Crippen molar-refractivity contribution < 1.29 is 50.6 Å². The van der Waals surface area contributed by atoms with Crippen molar-refractivity contribution in [2.45, 2.75) is 75.0 Å². The highest BCUT2D eigenvalue weighted by Gasteiger charge is 2.43. The van der Waals surface area contributed by atoms with E-state index in [2.05, 4.69) is 30.5 Å². The molecular formula is C44H46F5N7O6. The molecule has 3 aromatic carbocycles. The fourth-order valence-corrected chi connectivity index (χ4v) is 8.39. The van der Waals surface area contributed by atoms with Crippen molar-refractivity contribution in [1.29, 1.82) is 0 Å².